The molecule has 3 nitrogen and oxygen atoms in total. The van der Waals surface area contributed by atoms with E-state index in [1.165, 1.54) is 18.2 Å². The molecule has 7 heteroatoms. The average molecular weight is 545 g/mol. The van der Waals surface area contributed by atoms with E-state index < -0.39 is 29.2 Å². The predicted octanol–water partition coefficient (Wildman–Crippen LogP) is 9.18. The van der Waals surface area contributed by atoms with E-state index in [9.17, 15) is 8.78 Å². The molecule has 1 saturated heterocycles. The van der Waals surface area contributed by atoms with Crippen molar-refractivity contribution in [2.24, 2.45) is 0 Å². The zero-order valence-electron chi connectivity index (χ0n) is 22.6. The molecule has 0 amide bonds. The van der Waals surface area contributed by atoms with E-state index in [0.717, 1.165) is 44.9 Å². The molecule has 39 heavy (non-hydrogen) atoms. The maximum atomic E-state index is 15.1. The summed E-state index contributed by atoms with van der Waals surface area (Å²) in [5.41, 5.74) is 1.19. The summed E-state index contributed by atoms with van der Waals surface area (Å²) in [6, 6.07) is 12.2. The first-order chi connectivity index (χ1) is 18.9. The summed E-state index contributed by atoms with van der Waals surface area (Å²) in [6.45, 7) is 5.01. The molecule has 0 aromatic heterocycles. The van der Waals surface area contributed by atoms with Crippen LogP contribution in [-0.4, -0.2) is 26.1 Å². The number of rotatable bonds is 12. The van der Waals surface area contributed by atoms with Gasteiger partial charge < -0.3 is 14.2 Å². The van der Waals surface area contributed by atoms with Crippen LogP contribution < -0.4 is 4.74 Å². The van der Waals surface area contributed by atoms with Crippen molar-refractivity contribution in [3.8, 4) is 28.0 Å². The summed E-state index contributed by atoms with van der Waals surface area (Å²) in [4.78, 5) is 0. The highest BCUT2D eigenvalue weighted by molar-refractivity contribution is 5.72. The van der Waals surface area contributed by atoms with Crippen LogP contribution in [0.15, 0.2) is 48.5 Å². The minimum Gasteiger partial charge on any atom is -0.490 e. The number of hydrogen-bond acceptors (Lipinski definition) is 3. The number of ether oxygens (including phenoxy) is 3. The second-order valence-corrected chi connectivity index (χ2v) is 9.99. The quantitative estimate of drug-likeness (QED) is 0.168. The van der Waals surface area contributed by atoms with Gasteiger partial charge in [-0.2, -0.15) is 4.39 Å². The standard InChI is InChI=1S/C32H36F4O3/c1-3-5-6-7-8-18-37-27-17-16-25(31(35)32(27)36)22-12-10-21(11-13-22)24-14-15-26(30(34)29(24)33)23-19-38-28(9-4-2)39-20-23/h10-17,23,28H,3-9,18-20H2,1-2H3. The van der Waals surface area contributed by atoms with Crippen molar-refractivity contribution in [3.05, 3.63) is 77.4 Å². The fourth-order valence-corrected chi connectivity index (χ4v) is 4.81. The minimum atomic E-state index is -1.04. The van der Waals surface area contributed by atoms with E-state index in [1.807, 2.05) is 6.92 Å². The zero-order valence-corrected chi connectivity index (χ0v) is 22.6. The molecular weight excluding hydrogens is 508 g/mol. The van der Waals surface area contributed by atoms with E-state index >= 15 is 8.78 Å². The largest absolute Gasteiger partial charge is 0.490 e. The molecule has 0 saturated carbocycles. The molecule has 3 aromatic carbocycles. The Morgan fingerprint density at radius 2 is 1.26 bits per heavy atom. The fraction of sp³-hybridized carbons (Fsp3) is 0.438. The summed E-state index contributed by atoms with van der Waals surface area (Å²) < 4.78 is 76.4. The molecule has 0 aliphatic carbocycles. The van der Waals surface area contributed by atoms with Gasteiger partial charge in [-0.25, -0.2) is 13.2 Å². The fourth-order valence-electron chi connectivity index (χ4n) is 4.81. The van der Waals surface area contributed by atoms with Crippen molar-refractivity contribution in [2.45, 2.75) is 71.0 Å². The van der Waals surface area contributed by atoms with Gasteiger partial charge in [0, 0.05) is 17.0 Å². The Balaban J connectivity index is 1.44. The van der Waals surface area contributed by atoms with E-state index in [4.69, 9.17) is 14.2 Å². The number of hydrogen-bond donors (Lipinski definition) is 0. The van der Waals surface area contributed by atoms with Gasteiger partial charge in [0.05, 0.1) is 19.8 Å². The minimum absolute atomic E-state index is 0.0648. The first kappa shape index (κ1) is 29.1. The Morgan fingerprint density at radius 3 is 1.87 bits per heavy atom. The number of unbranched alkanes of at least 4 members (excludes halogenated alkanes) is 4. The summed E-state index contributed by atoms with van der Waals surface area (Å²) in [5, 5.41) is 0. The molecule has 1 fully saturated rings. The summed E-state index contributed by atoms with van der Waals surface area (Å²) in [6.07, 6.45) is 6.50. The normalized spacial score (nSPS) is 17.4. The third kappa shape index (κ3) is 7.00. The van der Waals surface area contributed by atoms with E-state index in [0.29, 0.717) is 17.7 Å². The smallest absolute Gasteiger partial charge is 0.201 e. The molecule has 0 radical (unpaired) electrons. The van der Waals surface area contributed by atoms with Crippen molar-refractivity contribution in [1.82, 2.24) is 0 Å². The highest BCUT2D eigenvalue weighted by Gasteiger charge is 2.27. The maximum Gasteiger partial charge on any atom is 0.201 e. The Bertz CT molecular complexity index is 1220. The molecule has 210 valence electrons. The molecule has 1 heterocycles. The Labute approximate surface area is 228 Å². The van der Waals surface area contributed by atoms with Gasteiger partial charge in [-0.1, -0.05) is 82.3 Å². The maximum absolute atomic E-state index is 15.1. The molecule has 0 N–H and O–H groups in total. The Kier molecular flexibility index (Phi) is 10.4. The van der Waals surface area contributed by atoms with Crippen LogP contribution in [0.2, 0.25) is 0 Å². The van der Waals surface area contributed by atoms with Gasteiger partial charge in [0.25, 0.3) is 0 Å². The van der Waals surface area contributed by atoms with Crippen molar-refractivity contribution >= 4 is 0 Å². The topological polar surface area (TPSA) is 27.7 Å². The summed E-state index contributed by atoms with van der Waals surface area (Å²) >= 11 is 0. The first-order valence-corrected chi connectivity index (χ1v) is 13.9. The van der Waals surface area contributed by atoms with Crippen LogP contribution in [0, 0.1) is 23.3 Å². The van der Waals surface area contributed by atoms with Crippen LogP contribution in [0.1, 0.15) is 70.3 Å². The van der Waals surface area contributed by atoms with Gasteiger partial charge in [-0.3, -0.25) is 0 Å². The monoisotopic (exact) mass is 544 g/mol. The highest BCUT2D eigenvalue weighted by Crippen LogP contribution is 2.34. The van der Waals surface area contributed by atoms with Crippen LogP contribution in [0.25, 0.3) is 22.3 Å². The molecular formula is C32H36F4O3. The number of benzene rings is 3. The lowest BCUT2D eigenvalue weighted by atomic mass is 9.94. The van der Waals surface area contributed by atoms with Gasteiger partial charge in [0.2, 0.25) is 5.82 Å². The van der Waals surface area contributed by atoms with Crippen molar-refractivity contribution in [2.75, 3.05) is 19.8 Å². The van der Waals surface area contributed by atoms with Crippen LogP contribution in [0.4, 0.5) is 17.6 Å². The lowest BCUT2D eigenvalue weighted by Crippen LogP contribution is -2.31. The second kappa shape index (κ2) is 13.9. The van der Waals surface area contributed by atoms with Crippen LogP contribution in [0.3, 0.4) is 0 Å². The lowest BCUT2D eigenvalue weighted by molar-refractivity contribution is -0.190. The highest BCUT2D eigenvalue weighted by atomic mass is 19.2. The molecule has 3 aromatic rings. The number of halogens is 4. The van der Waals surface area contributed by atoms with Crippen molar-refractivity contribution < 1.29 is 31.8 Å². The van der Waals surface area contributed by atoms with Gasteiger partial charge in [-0.15, -0.1) is 0 Å². The average Bonchev–Trinajstić information content (AvgIpc) is 2.95. The first-order valence-electron chi connectivity index (χ1n) is 13.9. The van der Waals surface area contributed by atoms with Gasteiger partial charge in [0.15, 0.2) is 29.5 Å². The lowest BCUT2D eigenvalue weighted by Gasteiger charge is -2.29. The van der Waals surface area contributed by atoms with Gasteiger partial charge in [-0.05, 0) is 41.7 Å². The molecule has 0 unspecified atom stereocenters. The Hall–Kier alpha value is -2.90. The summed E-state index contributed by atoms with van der Waals surface area (Å²) in [7, 11) is 0. The third-order valence-electron chi connectivity index (χ3n) is 7.10. The molecule has 0 bridgehead atoms. The van der Waals surface area contributed by atoms with E-state index in [1.54, 1.807) is 30.3 Å². The van der Waals surface area contributed by atoms with E-state index in [-0.39, 0.29) is 41.9 Å². The molecule has 4 rings (SSSR count). The van der Waals surface area contributed by atoms with Crippen molar-refractivity contribution in [3.63, 3.8) is 0 Å². The zero-order chi connectivity index (χ0) is 27.8. The molecule has 1 aliphatic heterocycles. The molecule has 0 spiro atoms. The second-order valence-electron chi connectivity index (χ2n) is 9.99. The van der Waals surface area contributed by atoms with Crippen LogP contribution >= 0.6 is 0 Å². The van der Waals surface area contributed by atoms with Crippen molar-refractivity contribution in [1.29, 1.82) is 0 Å². The summed E-state index contributed by atoms with van der Waals surface area (Å²) in [5.74, 6) is -4.46. The van der Waals surface area contributed by atoms with Crippen LogP contribution in [-0.2, 0) is 9.47 Å². The molecule has 1 aliphatic rings. The SMILES string of the molecule is CCCCCCCOc1ccc(-c2ccc(-c3ccc(C4COC(CCC)OC4)c(F)c3F)cc2)c(F)c1F. The van der Waals surface area contributed by atoms with Gasteiger partial charge in [0.1, 0.15) is 0 Å². The predicted molar refractivity (Wildman–Crippen MR) is 145 cm³/mol. The molecule has 0 atom stereocenters. The Morgan fingerprint density at radius 1 is 0.667 bits per heavy atom. The van der Waals surface area contributed by atoms with E-state index in [2.05, 4.69) is 6.92 Å². The third-order valence-corrected chi connectivity index (χ3v) is 7.10. The van der Waals surface area contributed by atoms with Crippen LogP contribution in [0.5, 0.6) is 5.75 Å². The van der Waals surface area contributed by atoms with Gasteiger partial charge >= 0.3 is 0 Å².